The first-order valence-electron chi connectivity index (χ1n) is 3.43. The number of aliphatic hydroxyl groups is 4. The molecule has 0 aromatic carbocycles. The Balaban J connectivity index is 0. The molecule has 0 amide bonds. The van der Waals surface area contributed by atoms with Gasteiger partial charge in [0.25, 0.3) is 0 Å². The molecule has 0 saturated carbocycles. The number of hydrogen-bond donors (Lipinski definition) is 4. The maximum atomic E-state index is 9.96. The summed E-state index contributed by atoms with van der Waals surface area (Å²) in [6, 6.07) is 0. The van der Waals surface area contributed by atoms with Crippen LogP contribution in [0.4, 0.5) is 0 Å². The van der Waals surface area contributed by atoms with Gasteiger partial charge in [0, 0.05) is 0 Å². The molecule has 0 bridgehead atoms. The first kappa shape index (κ1) is 17.8. The van der Waals surface area contributed by atoms with Crippen molar-refractivity contribution in [1.82, 2.24) is 0 Å². The van der Waals surface area contributed by atoms with Gasteiger partial charge in [-0.1, -0.05) is 0 Å². The number of carboxylic acid groups (broad SMARTS) is 2. The van der Waals surface area contributed by atoms with E-state index in [1.807, 2.05) is 0 Å². The minimum atomic E-state index is -2.50. The Labute approximate surface area is 127 Å². The van der Waals surface area contributed by atoms with Crippen molar-refractivity contribution in [1.29, 1.82) is 0 Å². The summed E-state index contributed by atoms with van der Waals surface area (Å²) in [5.41, 5.74) is 0. The molecule has 0 spiro atoms. The van der Waals surface area contributed by atoms with Crippen LogP contribution in [0.25, 0.3) is 0 Å². The van der Waals surface area contributed by atoms with E-state index in [0.717, 1.165) is 0 Å². The van der Waals surface area contributed by atoms with Gasteiger partial charge in [0.2, 0.25) is 0 Å². The van der Waals surface area contributed by atoms with Crippen LogP contribution in [0.15, 0.2) is 0 Å². The largest absolute Gasteiger partial charge is 1.00 e. The van der Waals surface area contributed by atoms with Crippen molar-refractivity contribution in [2.24, 2.45) is 0 Å². The van der Waals surface area contributed by atoms with Crippen LogP contribution in [0.2, 0.25) is 0 Å². The molecule has 4 N–H and O–H groups in total. The zero-order valence-corrected chi connectivity index (χ0v) is 10.9. The number of carboxylic acids is 2. The number of rotatable bonds is 5. The van der Waals surface area contributed by atoms with Crippen LogP contribution < -0.4 is 61.6 Å². The summed E-state index contributed by atoms with van der Waals surface area (Å²) in [6.07, 6.45) is -9.76. The molecule has 0 fully saturated rings. The fraction of sp³-hybridized carbons (Fsp3) is 0.667. The Morgan fingerprint density at radius 2 is 1.00 bits per heavy atom. The van der Waals surface area contributed by atoms with Crippen molar-refractivity contribution in [3.63, 3.8) is 0 Å². The van der Waals surface area contributed by atoms with E-state index in [-0.39, 0.29) is 51.4 Å². The van der Waals surface area contributed by atoms with Crippen molar-refractivity contribution < 1.29 is 91.6 Å². The third-order valence-corrected chi connectivity index (χ3v) is 1.48. The third kappa shape index (κ3) is 5.33. The average molecular weight is 247 g/mol. The van der Waals surface area contributed by atoms with Crippen LogP contribution in [0.3, 0.4) is 0 Å². The predicted octanol–water partition coefficient (Wildman–Crippen LogP) is -9.07. The van der Waals surface area contributed by atoms with Crippen molar-refractivity contribution in [3.8, 4) is 0 Å². The molecular formula is C6H8KO8-. The molecule has 0 saturated heterocycles. The molecule has 0 rings (SSSR count). The van der Waals surface area contributed by atoms with Crippen LogP contribution >= 0.6 is 0 Å². The zero-order valence-electron chi connectivity index (χ0n) is 7.73. The second-order valence-electron chi connectivity index (χ2n) is 2.51. The first-order chi connectivity index (χ1) is 6.29. The molecule has 0 aromatic heterocycles. The number of aliphatic carboxylic acids is 2. The molecule has 8 nitrogen and oxygen atoms in total. The van der Waals surface area contributed by atoms with Gasteiger partial charge in [0.05, 0.1) is 11.9 Å². The number of carbonyl (C=O) groups excluding carboxylic acids is 2. The third-order valence-electron chi connectivity index (χ3n) is 1.48. The average Bonchev–Trinajstić information content (AvgIpc) is 2.12. The summed E-state index contributed by atoms with van der Waals surface area (Å²) in [5.74, 6) is -4.22. The molecule has 0 aliphatic rings. The Bertz CT molecular complexity index is 207. The minimum absolute atomic E-state index is 0. The van der Waals surface area contributed by atoms with Crippen molar-refractivity contribution >= 4 is 11.9 Å². The molecule has 4 atom stereocenters. The Hall–Kier alpha value is 0.416. The van der Waals surface area contributed by atoms with Gasteiger partial charge in [-0.3, -0.25) is 0 Å². The van der Waals surface area contributed by atoms with E-state index >= 15 is 0 Å². The summed E-state index contributed by atoms with van der Waals surface area (Å²) < 4.78 is 0. The fourth-order valence-corrected chi connectivity index (χ4v) is 0.652. The zero-order chi connectivity index (χ0) is 11.5. The predicted molar refractivity (Wildman–Crippen MR) is 34.0 cm³/mol. The van der Waals surface area contributed by atoms with Gasteiger partial charge < -0.3 is 40.2 Å². The van der Waals surface area contributed by atoms with Crippen LogP contribution in [-0.2, 0) is 9.59 Å². The van der Waals surface area contributed by atoms with E-state index in [0.29, 0.717) is 0 Å². The topological polar surface area (TPSA) is 161 Å². The molecule has 0 aliphatic heterocycles. The van der Waals surface area contributed by atoms with E-state index in [4.69, 9.17) is 20.4 Å². The molecule has 0 radical (unpaired) electrons. The van der Waals surface area contributed by atoms with Crippen molar-refractivity contribution in [2.75, 3.05) is 0 Å². The van der Waals surface area contributed by atoms with Crippen LogP contribution in [0, 0.1) is 0 Å². The van der Waals surface area contributed by atoms with Crippen LogP contribution in [-0.4, -0.2) is 56.8 Å². The van der Waals surface area contributed by atoms with Crippen LogP contribution in [0.1, 0.15) is 0 Å². The van der Waals surface area contributed by atoms with E-state index < -0.39 is 36.4 Å². The van der Waals surface area contributed by atoms with Gasteiger partial charge in [-0.2, -0.15) is 0 Å². The van der Waals surface area contributed by atoms with E-state index in [2.05, 4.69) is 0 Å². The Kier molecular flexibility index (Phi) is 9.08. The molecule has 0 aromatic rings. The molecule has 9 heteroatoms. The molecule has 82 valence electrons. The summed E-state index contributed by atoms with van der Waals surface area (Å²) in [4.78, 5) is 19.9. The summed E-state index contributed by atoms with van der Waals surface area (Å²) in [7, 11) is 0. The van der Waals surface area contributed by atoms with E-state index in [1.165, 1.54) is 0 Å². The summed E-state index contributed by atoms with van der Waals surface area (Å²) >= 11 is 0. The molecule has 0 unspecified atom stereocenters. The normalized spacial score (nSPS) is 18.1. The van der Waals surface area contributed by atoms with Gasteiger partial charge in [-0.25, -0.2) is 0 Å². The quantitative estimate of drug-likeness (QED) is 0.348. The van der Waals surface area contributed by atoms with Crippen molar-refractivity contribution in [2.45, 2.75) is 24.4 Å². The van der Waals surface area contributed by atoms with Crippen molar-refractivity contribution in [3.05, 3.63) is 0 Å². The maximum Gasteiger partial charge on any atom is 1.00 e. The van der Waals surface area contributed by atoms with Crippen LogP contribution in [0.5, 0.6) is 0 Å². The summed E-state index contributed by atoms with van der Waals surface area (Å²) in [5, 5.41) is 54.7. The Morgan fingerprint density at radius 3 is 1.13 bits per heavy atom. The number of hydrogen-bond acceptors (Lipinski definition) is 8. The summed E-state index contributed by atoms with van der Waals surface area (Å²) in [6.45, 7) is 0. The maximum absolute atomic E-state index is 9.96. The fourth-order valence-electron chi connectivity index (χ4n) is 0.652. The number of carbonyl (C=O) groups is 2. The van der Waals surface area contributed by atoms with Gasteiger partial charge in [-0.15, -0.1) is 0 Å². The first-order valence-corrected chi connectivity index (χ1v) is 3.43. The SMILES string of the molecule is O=C([O-])[C@@H](O)[C@@H](O)[C@H](O)[C@@H](O)C(=O)[O-].[K+]. The minimum Gasteiger partial charge on any atom is -0.547 e. The van der Waals surface area contributed by atoms with E-state index in [9.17, 15) is 19.8 Å². The van der Waals surface area contributed by atoms with Gasteiger partial charge in [0.15, 0.2) is 0 Å². The monoisotopic (exact) mass is 247 g/mol. The number of aliphatic hydroxyl groups excluding tert-OH is 4. The van der Waals surface area contributed by atoms with Gasteiger partial charge in [0.1, 0.15) is 24.4 Å². The second-order valence-corrected chi connectivity index (χ2v) is 2.51. The Morgan fingerprint density at radius 1 is 0.800 bits per heavy atom. The molecular weight excluding hydrogens is 239 g/mol. The molecule has 0 heterocycles. The smallest absolute Gasteiger partial charge is 0.547 e. The molecule has 15 heavy (non-hydrogen) atoms. The van der Waals surface area contributed by atoms with Gasteiger partial charge in [-0.05, 0) is 0 Å². The van der Waals surface area contributed by atoms with Gasteiger partial charge >= 0.3 is 51.4 Å². The van der Waals surface area contributed by atoms with E-state index in [1.54, 1.807) is 0 Å². The standard InChI is InChI=1S/C6H10O8.K/c7-1(3(9)5(11)12)2(8)4(10)6(13)14;/h1-4,7-10H,(H,11,12)(H,13,14);/q;+1/p-2/t1-,2-,3-,4+;/m0./s1. The second kappa shape index (κ2) is 7.65. The molecule has 0 aliphatic carbocycles.